The maximum absolute atomic E-state index is 15.2. The minimum Gasteiger partial charge on any atom is -0.494 e. The molecular weight excluding hydrogens is 526 g/mol. The molecule has 0 aliphatic rings. The smallest absolute Gasteiger partial charge is 0.422 e. The molecule has 0 aliphatic carbocycles. The summed E-state index contributed by atoms with van der Waals surface area (Å²) in [5.74, 6) is -2.92. The molecule has 1 nitrogen and oxygen atoms in total. The highest BCUT2D eigenvalue weighted by molar-refractivity contribution is 5.84. The van der Waals surface area contributed by atoms with Crippen LogP contribution in [0.25, 0.3) is 10.8 Å². The van der Waals surface area contributed by atoms with Crippen LogP contribution in [0, 0.1) is 17.5 Å². The van der Waals surface area contributed by atoms with Gasteiger partial charge < -0.3 is 4.74 Å². The second-order valence-corrected chi connectivity index (χ2v) is 10.1. The zero-order valence-corrected chi connectivity index (χ0v) is 22.4. The minimum atomic E-state index is -5.12. The van der Waals surface area contributed by atoms with E-state index in [1.807, 2.05) is 24.3 Å². The lowest BCUT2D eigenvalue weighted by Crippen LogP contribution is -2.12. The van der Waals surface area contributed by atoms with Gasteiger partial charge >= 0.3 is 6.18 Å². The van der Waals surface area contributed by atoms with Crippen molar-refractivity contribution >= 4 is 10.8 Å². The van der Waals surface area contributed by atoms with E-state index < -0.39 is 29.2 Å². The number of hydrogen-bond donors (Lipinski definition) is 0. The van der Waals surface area contributed by atoms with Crippen LogP contribution in [0.1, 0.15) is 60.4 Å². The molecule has 0 aromatic heterocycles. The molecule has 0 amide bonds. The number of halogens is 6. The van der Waals surface area contributed by atoms with Crippen molar-refractivity contribution in [1.29, 1.82) is 0 Å². The van der Waals surface area contributed by atoms with Crippen molar-refractivity contribution in [3.8, 4) is 5.75 Å². The lowest BCUT2D eigenvalue weighted by molar-refractivity contribution is -0.142. The molecule has 7 heteroatoms. The average Bonchev–Trinajstić information content (AvgIpc) is 2.91. The van der Waals surface area contributed by atoms with E-state index >= 15 is 4.39 Å². The summed E-state index contributed by atoms with van der Waals surface area (Å²) in [6.07, 6.45) is 1.22. The van der Waals surface area contributed by atoms with E-state index in [2.05, 4.69) is 19.1 Å². The molecule has 212 valence electrons. The minimum absolute atomic E-state index is 0.00479. The number of ether oxygens (including phenoxy) is 1. The first kappa shape index (κ1) is 29.5. The van der Waals surface area contributed by atoms with Gasteiger partial charge in [-0.2, -0.15) is 13.2 Å². The molecule has 0 fully saturated rings. The molecule has 0 spiro atoms. The first-order chi connectivity index (χ1) is 19.2. The number of hydrogen-bond acceptors (Lipinski definition) is 1. The Balaban J connectivity index is 1.35. The van der Waals surface area contributed by atoms with Crippen LogP contribution < -0.4 is 4.74 Å². The van der Waals surface area contributed by atoms with Gasteiger partial charge in [-0.05, 0) is 84.0 Å². The highest BCUT2D eigenvalue weighted by atomic mass is 19.4. The predicted octanol–water partition coefficient (Wildman–Crippen LogP) is 9.81. The Bertz CT molecular complexity index is 1400. The summed E-state index contributed by atoms with van der Waals surface area (Å²) in [7, 11) is 0. The summed E-state index contributed by atoms with van der Waals surface area (Å²) < 4.78 is 87.2. The second kappa shape index (κ2) is 13.2. The van der Waals surface area contributed by atoms with Crippen LogP contribution in [-0.4, -0.2) is 6.61 Å². The second-order valence-electron chi connectivity index (χ2n) is 10.1. The van der Waals surface area contributed by atoms with Gasteiger partial charge in [-0.15, -0.1) is 0 Å². The van der Waals surface area contributed by atoms with Crippen LogP contribution in [0.15, 0.2) is 66.7 Å². The Morgan fingerprint density at radius 2 is 1.30 bits per heavy atom. The fourth-order valence-electron chi connectivity index (χ4n) is 4.81. The van der Waals surface area contributed by atoms with Crippen LogP contribution >= 0.6 is 0 Å². The Hall–Kier alpha value is -3.48. The van der Waals surface area contributed by atoms with E-state index in [1.165, 1.54) is 24.8 Å². The number of unbranched alkanes of at least 4 members (excludes halogenated alkanes) is 3. The maximum atomic E-state index is 15.2. The van der Waals surface area contributed by atoms with Gasteiger partial charge in [0, 0.05) is 5.39 Å². The molecule has 0 saturated heterocycles. The molecule has 0 atom stereocenters. The SMILES string of the molecule is CCCCCCOc1ccc(CCc2ccc3c(F)c(CCc4cc(F)c(C(F)(F)F)c(F)c4)ccc3c2)cc1. The van der Waals surface area contributed by atoms with E-state index in [4.69, 9.17) is 4.74 Å². The largest absolute Gasteiger partial charge is 0.494 e. The molecule has 0 N–H and O–H groups in total. The molecule has 0 unspecified atom stereocenters. The molecule has 0 radical (unpaired) electrons. The van der Waals surface area contributed by atoms with E-state index in [9.17, 15) is 22.0 Å². The van der Waals surface area contributed by atoms with E-state index in [1.54, 1.807) is 18.2 Å². The van der Waals surface area contributed by atoms with Gasteiger partial charge in [0.1, 0.15) is 28.8 Å². The van der Waals surface area contributed by atoms with Crippen molar-refractivity contribution in [1.82, 2.24) is 0 Å². The summed E-state index contributed by atoms with van der Waals surface area (Å²) >= 11 is 0. The fraction of sp³-hybridized carbons (Fsp3) is 0.333. The molecule has 4 aromatic rings. The van der Waals surface area contributed by atoms with Crippen molar-refractivity contribution in [3.05, 3.63) is 112 Å². The standard InChI is InChI=1S/C33H32F6O/c1-2-3-4-5-18-40-27-15-9-22(10-16-27)6-7-23-11-17-28-26(19-23)14-13-25(32(28)36)12-8-24-20-29(34)31(30(35)21-24)33(37,38)39/h9-11,13-17,19-21H,2-8,12,18H2,1H3. The molecule has 40 heavy (non-hydrogen) atoms. The van der Waals surface area contributed by atoms with Gasteiger partial charge in [-0.25, -0.2) is 13.2 Å². The zero-order valence-electron chi connectivity index (χ0n) is 22.4. The Morgan fingerprint density at radius 3 is 1.98 bits per heavy atom. The third-order valence-electron chi connectivity index (χ3n) is 7.06. The van der Waals surface area contributed by atoms with Gasteiger partial charge in [0.15, 0.2) is 0 Å². The van der Waals surface area contributed by atoms with Crippen LogP contribution in [0.3, 0.4) is 0 Å². The summed E-state index contributed by atoms with van der Waals surface area (Å²) in [6.45, 7) is 2.90. The highest BCUT2D eigenvalue weighted by Crippen LogP contribution is 2.34. The molecule has 0 aliphatic heterocycles. The monoisotopic (exact) mass is 558 g/mol. The van der Waals surface area contributed by atoms with E-state index in [0.29, 0.717) is 23.1 Å². The third kappa shape index (κ3) is 7.58. The summed E-state index contributed by atoms with van der Waals surface area (Å²) in [4.78, 5) is 0. The highest BCUT2D eigenvalue weighted by Gasteiger charge is 2.37. The Kier molecular flexibility index (Phi) is 9.77. The zero-order chi connectivity index (χ0) is 28.7. The fourth-order valence-corrected chi connectivity index (χ4v) is 4.81. The first-order valence-corrected chi connectivity index (χ1v) is 13.6. The average molecular weight is 559 g/mol. The number of alkyl halides is 3. The van der Waals surface area contributed by atoms with Gasteiger partial charge in [0.05, 0.1) is 6.61 Å². The van der Waals surface area contributed by atoms with Crippen LogP contribution in [0.4, 0.5) is 26.3 Å². The van der Waals surface area contributed by atoms with Gasteiger partial charge in [-0.1, -0.05) is 68.7 Å². The maximum Gasteiger partial charge on any atom is 0.422 e. The van der Waals surface area contributed by atoms with Crippen molar-refractivity contribution in [3.63, 3.8) is 0 Å². The summed E-state index contributed by atoms with van der Waals surface area (Å²) in [6, 6.07) is 18.3. The molecule has 0 bridgehead atoms. The lowest BCUT2D eigenvalue weighted by Gasteiger charge is -2.12. The summed E-state index contributed by atoms with van der Waals surface area (Å²) in [5, 5.41) is 1.16. The number of fused-ring (bicyclic) bond motifs is 1. The molecule has 0 saturated carbocycles. The van der Waals surface area contributed by atoms with Crippen LogP contribution in [0.2, 0.25) is 0 Å². The van der Waals surface area contributed by atoms with Gasteiger partial charge in [0.25, 0.3) is 0 Å². The third-order valence-corrected chi connectivity index (χ3v) is 7.06. The van der Waals surface area contributed by atoms with Crippen LogP contribution in [0.5, 0.6) is 5.75 Å². The van der Waals surface area contributed by atoms with Crippen molar-refractivity contribution in [2.75, 3.05) is 6.61 Å². The Labute approximate surface area is 230 Å². The predicted molar refractivity (Wildman–Crippen MR) is 146 cm³/mol. The van der Waals surface area contributed by atoms with E-state index in [0.717, 1.165) is 42.6 Å². The number of aryl methyl sites for hydroxylation is 4. The number of rotatable bonds is 12. The lowest BCUT2D eigenvalue weighted by atomic mass is 9.97. The molecule has 4 aromatic carbocycles. The molecular formula is C33H32F6O. The first-order valence-electron chi connectivity index (χ1n) is 13.6. The van der Waals surface area contributed by atoms with Crippen molar-refractivity contribution in [2.45, 2.75) is 64.5 Å². The summed E-state index contributed by atoms with van der Waals surface area (Å²) in [5.41, 5.74) is 0.684. The topological polar surface area (TPSA) is 9.23 Å². The van der Waals surface area contributed by atoms with Gasteiger partial charge in [0.2, 0.25) is 0 Å². The molecule has 4 rings (SSSR count). The quantitative estimate of drug-likeness (QED) is 0.124. The normalized spacial score (nSPS) is 11.8. The Morgan fingerprint density at radius 1 is 0.650 bits per heavy atom. The molecule has 0 heterocycles. The van der Waals surface area contributed by atoms with E-state index in [-0.39, 0.29) is 18.4 Å². The van der Waals surface area contributed by atoms with Crippen molar-refractivity contribution in [2.24, 2.45) is 0 Å². The van der Waals surface area contributed by atoms with Crippen LogP contribution in [-0.2, 0) is 31.9 Å². The van der Waals surface area contributed by atoms with Crippen molar-refractivity contribution < 1.29 is 31.1 Å². The number of benzene rings is 4. The van der Waals surface area contributed by atoms with Gasteiger partial charge in [-0.3, -0.25) is 0 Å².